The molecule has 10 N–H and O–H groups in total. The van der Waals surface area contributed by atoms with Gasteiger partial charge in [-0.15, -0.1) is 0 Å². The van der Waals surface area contributed by atoms with E-state index in [-0.39, 0.29) is 19.3 Å². The molecule has 0 fully saturated rings. The molecule has 0 bridgehead atoms. The van der Waals surface area contributed by atoms with E-state index in [2.05, 4.69) is 25.9 Å². The Hall–Kier alpha value is -3.52. The highest BCUT2D eigenvalue weighted by molar-refractivity contribution is 5.94. The van der Waals surface area contributed by atoms with Crippen LogP contribution in [0.25, 0.3) is 0 Å². The van der Waals surface area contributed by atoms with E-state index in [1.807, 2.05) is 0 Å². The second-order valence-corrected chi connectivity index (χ2v) is 8.38. The Balaban J connectivity index is 3.03. The molecule has 0 spiro atoms. The van der Waals surface area contributed by atoms with Crippen LogP contribution in [0.4, 0.5) is 0 Å². The van der Waals surface area contributed by atoms with Gasteiger partial charge in [0.25, 0.3) is 0 Å². The molecule has 14 nitrogen and oxygen atoms in total. The normalized spacial score (nSPS) is 16.1. The third kappa shape index (κ3) is 9.70. The maximum absolute atomic E-state index is 13.0. The molecule has 0 saturated heterocycles. The molecule has 1 aromatic rings. The van der Waals surface area contributed by atoms with E-state index >= 15 is 0 Å². The zero-order valence-electron chi connectivity index (χ0n) is 20.0. The van der Waals surface area contributed by atoms with Gasteiger partial charge in [-0.25, -0.2) is 9.78 Å². The van der Waals surface area contributed by atoms with Gasteiger partial charge in [-0.05, 0) is 19.3 Å². The molecule has 14 heteroatoms. The molecular formula is C21H35N7O7. The summed E-state index contributed by atoms with van der Waals surface area (Å²) in [4.78, 5) is 67.8. The first kappa shape index (κ1) is 29.5. The van der Waals surface area contributed by atoms with Crippen LogP contribution in [-0.4, -0.2) is 80.1 Å². The summed E-state index contributed by atoms with van der Waals surface area (Å²) in [5, 5.41) is 26.4. The number of imidazole rings is 1. The van der Waals surface area contributed by atoms with Crippen molar-refractivity contribution in [1.29, 1.82) is 0 Å². The molecule has 0 aromatic carbocycles. The van der Waals surface area contributed by atoms with Gasteiger partial charge in [0.1, 0.15) is 24.2 Å². The van der Waals surface area contributed by atoms with Crippen molar-refractivity contribution < 1.29 is 34.2 Å². The van der Waals surface area contributed by atoms with Crippen molar-refractivity contribution in [2.24, 2.45) is 17.4 Å². The minimum Gasteiger partial charge on any atom is -0.480 e. The standard InChI is InChI=1S/C21H35N7O7/c1-4-10(2)17(20(33)27-14(21(34)35)7-12-8-24-9-25-12)28-18(31)13(5-6-15(22)30)26-19(32)16(23)11(3)29/h8-11,13-14,16-17,29H,4-7,23H2,1-3H3,(H2,22,30)(H,24,25)(H,26,32)(H,27,33)(H,28,31)(H,34,35). The first-order valence-electron chi connectivity index (χ1n) is 11.2. The Morgan fingerprint density at radius 2 is 1.69 bits per heavy atom. The first-order valence-corrected chi connectivity index (χ1v) is 11.2. The van der Waals surface area contributed by atoms with Crippen LogP contribution in [0.5, 0.6) is 0 Å². The van der Waals surface area contributed by atoms with Crippen LogP contribution >= 0.6 is 0 Å². The van der Waals surface area contributed by atoms with Gasteiger partial charge in [-0.1, -0.05) is 20.3 Å². The zero-order chi connectivity index (χ0) is 26.7. The van der Waals surface area contributed by atoms with Crippen LogP contribution in [0.3, 0.4) is 0 Å². The molecule has 0 radical (unpaired) electrons. The van der Waals surface area contributed by atoms with Crippen LogP contribution < -0.4 is 27.4 Å². The number of carbonyl (C=O) groups is 5. The van der Waals surface area contributed by atoms with E-state index < -0.39 is 65.8 Å². The number of aromatic amines is 1. The molecule has 6 atom stereocenters. The topological polar surface area (TPSA) is 243 Å². The average molecular weight is 498 g/mol. The van der Waals surface area contributed by atoms with Gasteiger partial charge in [0, 0.05) is 24.7 Å². The number of nitrogens with zero attached hydrogens (tertiary/aromatic N) is 1. The molecule has 4 amide bonds. The minimum absolute atomic E-state index is 0.0588. The Kier molecular flexibility index (Phi) is 11.8. The number of H-pyrrole nitrogens is 1. The molecule has 0 saturated carbocycles. The Labute approximate surface area is 202 Å². The van der Waals surface area contributed by atoms with Gasteiger partial charge in [0.05, 0.1) is 12.4 Å². The Bertz CT molecular complexity index is 875. The predicted octanol–water partition coefficient (Wildman–Crippen LogP) is -2.49. The first-order chi connectivity index (χ1) is 16.4. The van der Waals surface area contributed by atoms with Crippen molar-refractivity contribution in [3.8, 4) is 0 Å². The summed E-state index contributed by atoms with van der Waals surface area (Å²) >= 11 is 0. The molecule has 6 unspecified atom stereocenters. The molecule has 35 heavy (non-hydrogen) atoms. The van der Waals surface area contributed by atoms with E-state index in [0.717, 1.165) is 0 Å². The van der Waals surface area contributed by atoms with E-state index in [1.54, 1.807) is 13.8 Å². The Morgan fingerprint density at radius 3 is 2.17 bits per heavy atom. The van der Waals surface area contributed by atoms with Crippen molar-refractivity contribution in [2.75, 3.05) is 0 Å². The Morgan fingerprint density at radius 1 is 1.06 bits per heavy atom. The van der Waals surface area contributed by atoms with Crippen LogP contribution in [-0.2, 0) is 30.4 Å². The second-order valence-electron chi connectivity index (χ2n) is 8.38. The van der Waals surface area contributed by atoms with Gasteiger partial charge < -0.3 is 42.6 Å². The lowest BCUT2D eigenvalue weighted by Gasteiger charge is -2.28. The number of carboxylic acid groups (broad SMARTS) is 1. The molecule has 196 valence electrons. The molecule has 0 aliphatic carbocycles. The number of carbonyl (C=O) groups excluding carboxylic acids is 4. The minimum atomic E-state index is -1.33. The highest BCUT2D eigenvalue weighted by atomic mass is 16.4. The molecular weight excluding hydrogens is 462 g/mol. The third-order valence-electron chi connectivity index (χ3n) is 5.52. The number of primary amides is 1. The fourth-order valence-electron chi connectivity index (χ4n) is 3.08. The summed E-state index contributed by atoms with van der Waals surface area (Å²) < 4.78 is 0. The highest BCUT2D eigenvalue weighted by Crippen LogP contribution is 2.11. The molecule has 1 aromatic heterocycles. The number of amides is 4. The van der Waals surface area contributed by atoms with Gasteiger partial charge >= 0.3 is 5.97 Å². The number of hydrogen-bond acceptors (Lipinski definition) is 8. The van der Waals surface area contributed by atoms with E-state index in [9.17, 15) is 34.2 Å². The van der Waals surface area contributed by atoms with Crippen molar-refractivity contribution >= 4 is 29.6 Å². The number of aliphatic carboxylic acids is 1. The fourth-order valence-corrected chi connectivity index (χ4v) is 3.08. The molecule has 0 aliphatic rings. The van der Waals surface area contributed by atoms with E-state index in [0.29, 0.717) is 12.1 Å². The number of aliphatic hydroxyl groups excluding tert-OH is 1. The quantitative estimate of drug-likeness (QED) is 0.128. The average Bonchev–Trinajstić information content (AvgIpc) is 3.31. The summed E-state index contributed by atoms with van der Waals surface area (Å²) in [5.41, 5.74) is 11.3. The van der Waals surface area contributed by atoms with Crippen LogP contribution in [0.1, 0.15) is 45.7 Å². The monoisotopic (exact) mass is 497 g/mol. The van der Waals surface area contributed by atoms with E-state index in [4.69, 9.17) is 11.5 Å². The number of hydrogen-bond donors (Lipinski definition) is 8. The number of aromatic nitrogens is 2. The maximum Gasteiger partial charge on any atom is 0.326 e. The van der Waals surface area contributed by atoms with Gasteiger partial charge in [0.15, 0.2) is 0 Å². The summed E-state index contributed by atoms with van der Waals surface area (Å²) in [6.45, 7) is 4.77. The van der Waals surface area contributed by atoms with Gasteiger partial charge in [-0.3, -0.25) is 19.2 Å². The summed E-state index contributed by atoms with van der Waals surface area (Å²) in [6, 6.07) is -5.04. The number of rotatable bonds is 15. The van der Waals surface area contributed by atoms with Crippen molar-refractivity contribution in [3.05, 3.63) is 18.2 Å². The molecule has 0 aliphatic heterocycles. The summed E-state index contributed by atoms with van der Waals surface area (Å²) in [6.07, 6.45) is 1.59. The number of aliphatic hydroxyl groups is 1. The maximum atomic E-state index is 13.0. The van der Waals surface area contributed by atoms with E-state index in [1.165, 1.54) is 19.4 Å². The van der Waals surface area contributed by atoms with Crippen molar-refractivity contribution in [3.63, 3.8) is 0 Å². The van der Waals surface area contributed by atoms with Gasteiger partial charge in [-0.2, -0.15) is 0 Å². The lowest BCUT2D eigenvalue weighted by Crippen LogP contribution is -2.59. The largest absolute Gasteiger partial charge is 0.480 e. The fraction of sp³-hybridized carbons (Fsp3) is 0.619. The van der Waals surface area contributed by atoms with Crippen molar-refractivity contribution in [1.82, 2.24) is 25.9 Å². The SMILES string of the molecule is CCC(C)C(NC(=O)C(CCC(N)=O)NC(=O)C(N)C(C)O)C(=O)NC(Cc1cnc[nH]1)C(=O)O. The summed E-state index contributed by atoms with van der Waals surface area (Å²) in [5.74, 6) is -4.76. The highest BCUT2D eigenvalue weighted by Gasteiger charge is 2.33. The number of nitrogens with one attached hydrogen (secondary N) is 4. The van der Waals surface area contributed by atoms with Crippen LogP contribution in [0.15, 0.2) is 12.5 Å². The number of nitrogens with two attached hydrogens (primary N) is 2. The second kappa shape index (κ2) is 14.0. The lowest BCUT2D eigenvalue weighted by atomic mass is 9.96. The zero-order valence-corrected chi connectivity index (χ0v) is 20.0. The number of carboxylic acids is 1. The third-order valence-corrected chi connectivity index (χ3v) is 5.52. The van der Waals surface area contributed by atoms with Crippen LogP contribution in [0.2, 0.25) is 0 Å². The van der Waals surface area contributed by atoms with Crippen molar-refractivity contribution in [2.45, 2.75) is 76.7 Å². The summed E-state index contributed by atoms with van der Waals surface area (Å²) in [7, 11) is 0. The predicted molar refractivity (Wildman–Crippen MR) is 123 cm³/mol. The molecule has 1 heterocycles. The lowest BCUT2D eigenvalue weighted by molar-refractivity contribution is -0.142. The van der Waals surface area contributed by atoms with Gasteiger partial charge in [0.2, 0.25) is 23.6 Å². The molecule has 1 rings (SSSR count). The smallest absolute Gasteiger partial charge is 0.326 e. The van der Waals surface area contributed by atoms with Crippen LogP contribution in [0, 0.1) is 5.92 Å².